The van der Waals surface area contributed by atoms with Gasteiger partial charge in [-0.25, -0.2) is 4.98 Å². The van der Waals surface area contributed by atoms with Crippen LogP contribution < -0.4 is 5.32 Å². The maximum absolute atomic E-state index is 12.0. The fourth-order valence-electron chi connectivity index (χ4n) is 2.23. The highest BCUT2D eigenvalue weighted by atomic mass is 35.5. The minimum atomic E-state index is -0.0705. The van der Waals surface area contributed by atoms with E-state index in [4.69, 9.17) is 11.6 Å². The summed E-state index contributed by atoms with van der Waals surface area (Å²) in [6.07, 6.45) is 0.749. The van der Waals surface area contributed by atoms with Crippen LogP contribution in [0.2, 0.25) is 5.02 Å². The second-order valence-electron chi connectivity index (χ2n) is 5.39. The smallest absolute Gasteiger partial charge is 0.230 e. The zero-order valence-electron chi connectivity index (χ0n) is 13.6. The van der Waals surface area contributed by atoms with Gasteiger partial charge in [0, 0.05) is 17.3 Å². The van der Waals surface area contributed by atoms with E-state index in [0.29, 0.717) is 22.2 Å². The van der Waals surface area contributed by atoms with Crippen LogP contribution in [0.3, 0.4) is 0 Å². The quantitative estimate of drug-likeness (QED) is 0.799. The molecule has 0 spiro atoms. The third-order valence-electron chi connectivity index (χ3n) is 3.41. The first-order valence-electron chi connectivity index (χ1n) is 7.52. The standard InChI is InChI=1S/C18H18ClN3OS/c1-12-9-13(2)22-18(16(12)10-20)24-11-17(23)21-8-7-14-3-5-15(19)6-4-14/h3-6,9H,7-8,11H2,1-2H3,(H,21,23). The summed E-state index contributed by atoms with van der Waals surface area (Å²) in [4.78, 5) is 16.3. The second kappa shape index (κ2) is 8.72. The van der Waals surface area contributed by atoms with Crippen molar-refractivity contribution in [1.82, 2.24) is 10.3 Å². The molecule has 1 N–H and O–H groups in total. The van der Waals surface area contributed by atoms with E-state index in [9.17, 15) is 10.1 Å². The largest absolute Gasteiger partial charge is 0.355 e. The molecule has 0 radical (unpaired) electrons. The molecule has 0 unspecified atom stereocenters. The van der Waals surface area contributed by atoms with Gasteiger partial charge in [0.05, 0.1) is 11.3 Å². The lowest BCUT2D eigenvalue weighted by Gasteiger charge is -2.08. The summed E-state index contributed by atoms with van der Waals surface area (Å²) in [6, 6.07) is 11.6. The number of nitrogens with zero attached hydrogens (tertiary/aromatic N) is 2. The molecule has 0 saturated carbocycles. The Kier molecular flexibility index (Phi) is 6.65. The molecule has 0 aliphatic rings. The second-order valence-corrected chi connectivity index (χ2v) is 6.79. The molecule has 0 bridgehead atoms. The summed E-state index contributed by atoms with van der Waals surface area (Å²) in [5.74, 6) is 0.171. The molecule has 4 nitrogen and oxygen atoms in total. The molecule has 6 heteroatoms. The van der Waals surface area contributed by atoms with Crippen molar-refractivity contribution >= 4 is 29.3 Å². The van der Waals surface area contributed by atoms with Crippen molar-refractivity contribution in [1.29, 1.82) is 5.26 Å². The highest BCUT2D eigenvalue weighted by molar-refractivity contribution is 8.00. The van der Waals surface area contributed by atoms with Crippen LogP contribution in [0, 0.1) is 25.2 Å². The maximum atomic E-state index is 12.0. The van der Waals surface area contributed by atoms with Crippen LogP contribution in [0.1, 0.15) is 22.4 Å². The summed E-state index contributed by atoms with van der Waals surface area (Å²) >= 11 is 7.13. The number of aromatic nitrogens is 1. The number of aryl methyl sites for hydroxylation is 2. The molecule has 0 atom stereocenters. The molecule has 2 aromatic rings. The number of nitriles is 1. The van der Waals surface area contributed by atoms with Crippen molar-refractivity contribution in [2.24, 2.45) is 0 Å². The number of hydrogen-bond acceptors (Lipinski definition) is 4. The topological polar surface area (TPSA) is 65.8 Å². The average Bonchev–Trinajstić information content (AvgIpc) is 2.54. The minimum Gasteiger partial charge on any atom is -0.355 e. The lowest BCUT2D eigenvalue weighted by atomic mass is 10.1. The molecule has 0 aliphatic carbocycles. The lowest BCUT2D eigenvalue weighted by Crippen LogP contribution is -2.27. The summed E-state index contributed by atoms with van der Waals surface area (Å²) in [5.41, 5.74) is 3.39. The van der Waals surface area contributed by atoms with Gasteiger partial charge in [-0.1, -0.05) is 35.5 Å². The van der Waals surface area contributed by atoms with Crippen LogP contribution >= 0.6 is 23.4 Å². The molecule has 1 aromatic heterocycles. The first-order valence-corrected chi connectivity index (χ1v) is 8.88. The van der Waals surface area contributed by atoms with E-state index in [1.54, 1.807) is 0 Å². The SMILES string of the molecule is Cc1cc(C)c(C#N)c(SCC(=O)NCCc2ccc(Cl)cc2)n1. The van der Waals surface area contributed by atoms with E-state index in [0.717, 1.165) is 23.2 Å². The van der Waals surface area contributed by atoms with E-state index in [1.807, 2.05) is 44.2 Å². The Hall–Kier alpha value is -2.03. The van der Waals surface area contributed by atoms with Crippen LogP contribution in [0.5, 0.6) is 0 Å². The first kappa shape index (κ1) is 18.3. The first-order chi connectivity index (χ1) is 11.5. The van der Waals surface area contributed by atoms with Gasteiger partial charge in [0.1, 0.15) is 11.1 Å². The number of benzene rings is 1. The van der Waals surface area contributed by atoms with E-state index >= 15 is 0 Å². The van der Waals surface area contributed by atoms with E-state index in [1.165, 1.54) is 11.8 Å². The summed E-state index contributed by atoms with van der Waals surface area (Å²) in [6.45, 7) is 4.32. The van der Waals surface area contributed by atoms with Gasteiger partial charge in [-0.3, -0.25) is 4.79 Å². The Labute approximate surface area is 151 Å². The van der Waals surface area contributed by atoms with Crippen molar-refractivity contribution < 1.29 is 4.79 Å². The molecule has 0 saturated heterocycles. The zero-order chi connectivity index (χ0) is 17.5. The normalized spacial score (nSPS) is 10.2. The number of hydrogen-bond donors (Lipinski definition) is 1. The Morgan fingerprint density at radius 3 is 2.71 bits per heavy atom. The Balaban J connectivity index is 1.83. The van der Waals surface area contributed by atoms with Crippen LogP contribution in [0.25, 0.3) is 0 Å². The Bertz CT molecular complexity index is 769. The summed E-state index contributed by atoms with van der Waals surface area (Å²) < 4.78 is 0. The van der Waals surface area contributed by atoms with Gasteiger partial charge in [-0.05, 0) is 49.6 Å². The fraction of sp³-hybridized carbons (Fsp3) is 0.278. The highest BCUT2D eigenvalue weighted by Gasteiger charge is 2.11. The van der Waals surface area contributed by atoms with Gasteiger partial charge >= 0.3 is 0 Å². The Morgan fingerprint density at radius 1 is 1.33 bits per heavy atom. The van der Waals surface area contributed by atoms with Gasteiger partial charge in [-0.15, -0.1) is 0 Å². The van der Waals surface area contributed by atoms with Gasteiger partial charge in [0.15, 0.2) is 0 Å². The monoisotopic (exact) mass is 359 g/mol. The van der Waals surface area contributed by atoms with Crippen LogP contribution in [-0.2, 0) is 11.2 Å². The van der Waals surface area contributed by atoms with Crippen molar-refractivity contribution in [2.75, 3.05) is 12.3 Å². The number of amides is 1. The number of rotatable bonds is 6. The van der Waals surface area contributed by atoms with Crippen LogP contribution in [0.4, 0.5) is 0 Å². The molecule has 1 aromatic carbocycles. The van der Waals surface area contributed by atoms with Crippen molar-refractivity contribution in [3.8, 4) is 6.07 Å². The molecule has 1 heterocycles. The van der Waals surface area contributed by atoms with Crippen molar-refractivity contribution in [2.45, 2.75) is 25.3 Å². The number of halogens is 1. The molecule has 124 valence electrons. The number of carbonyl (C=O) groups is 1. The summed E-state index contributed by atoms with van der Waals surface area (Å²) in [5, 5.41) is 13.4. The van der Waals surface area contributed by atoms with Crippen molar-refractivity contribution in [3.05, 3.63) is 57.7 Å². The van der Waals surface area contributed by atoms with E-state index in [2.05, 4.69) is 16.4 Å². The maximum Gasteiger partial charge on any atom is 0.230 e. The van der Waals surface area contributed by atoms with E-state index < -0.39 is 0 Å². The third kappa shape index (κ3) is 5.26. The number of pyridine rings is 1. The molecule has 24 heavy (non-hydrogen) atoms. The third-order valence-corrected chi connectivity index (χ3v) is 4.64. The molecular formula is C18H18ClN3OS. The van der Waals surface area contributed by atoms with Crippen LogP contribution in [0.15, 0.2) is 35.4 Å². The molecule has 2 rings (SSSR count). The van der Waals surface area contributed by atoms with Crippen molar-refractivity contribution in [3.63, 3.8) is 0 Å². The van der Waals surface area contributed by atoms with Crippen LogP contribution in [-0.4, -0.2) is 23.2 Å². The van der Waals surface area contributed by atoms with Gasteiger partial charge in [0.25, 0.3) is 0 Å². The summed E-state index contributed by atoms with van der Waals surface area (Å²) in [7, 11) is 0. The molecule has 0 fully saturated rings. The number of nitrogens with one attached hydrogen (secondary N) is 1. The molecular weight excluding hydrogens is 342 g/mol. The van der Waals surface area contributed by atoms with E-state index in [-0.39, 0.29) is 11.7 Å². The predicted octanol–water partition coefficient (Wildman–Crippen LogP) is 3.67. The number of thioether (sulfide) groups is 1. The van der Waals surface area contributed by atoms with Gasteiger partial charge < -0.3 is 5.32 Å². The Morgan fingerprint density at radius 2 is 2.04 bits per heavy atom. The minimum absolute atomic E-state index is 0.0705. The lowest BCUT2D eigenvalue weighted by molar-refractivity contribution is -0.118. The average molecular weight is 360 g/mol. The zero-order valence-corrected chi connectivity index (χ0v) is 15.2. The molecule has 0 aliphatic heterocycles. The van der Waals surface area contributed by atoms with Gasteiger partial charge in [-0.2, -0.15) is 5.26 Å². The fourth-order valence-corrected chi connectivity index (χ4v) is 3.28. The van der Waals surface area contributed by atoms with Gasteiger partial charge in [0.2, 0.25) is 5.91 Å². The number of carbonyl (C=O) groups excluding carboxylic acids is 1. The molecule has 1 amide bonds. The highest BCUT2D eigenvalue weighted by Crippen LogP contribution is 2.23. The predicted molar refractivity (Wildman–Crippen MR) is 97.3 cm³/mol.